The molecule has 1 aromatic rings. The van der Waals surface area contributed by atoms with Gasteiger partial charge in [-0.05, 0) is 50.2 Å². The predicted octanol–water partition coefficient (Wildman–Crippen LogP) is 2.67. The standard InChI is InChI=1S/C17H28N2O2/c1-17(2,3)13-8-9-15(21-6)14(12-13)16(20)18-10-7-11-19(4)5/h8-9,12H,7,10-11H2,1-6H3,(H,18,20). The SMILES string of the molecule is COc1ccc(C(C)(C)C)cc1C(=O)NCCCN(C)C. The number of rotatable bonds is 6. The van der Waals surface area contributed by atoms with Crippen molar-refractivity contribution in [3.8, 4) is 5.75 Å². The molecule has 0 heterocycles. The Kier molecular flexibility index (Phi) is 6.21. The van der Waals surface area contributed by atoms with E-state index in [0.29, 0.717) is 17.9 Å². The fraction of sp³-hybridized carbons (Fsp3) is 0.588. The number of carbonyl (C=O) groups excluding carboxylic acids is 1. The second-order valence-corrected chi connectivity index (χ2v) is 6.58. The van der Waals surface area contributed by atoms with Crippen LogP contribution in [0.15, 0.2) is 18.2 Å². The zero-order valence-electron chi connectivity index (χ0n) is 14.1. The van der Waals surface area contributed by atoms with Crippen LogP contribution in [-0.4, -0.2) is 45.1 Å². The fourth-order valence-corrected chi connectivity index (χ4v) is 2.04. The molecule has 0 aliphatic heterocycles. The van der Waals surface area contributed by atoms with Crippen LogP contribution in [0.5, 0.6) is 5.75 Å². The molecule has 1 N–H and O–H groups in total. The van der Waals surface area contributed by atoms with Crippen molar-refractivity contribution in [2.45, 2.75) is 32.6 Å². The lowest BCUT2D eigenvalue weighted by Gasteiger charge is -2.21. The van der Waals surface area contributed by atoms with Crippen molar-refractivity contribution in [3.05, 3.63) is 29.3 Å². The summed E-state index contributed by atoms with van der Waals surface area (Å²) in [6.07, 6.45) is 0.931. The molecular formula is C17H28N2O2. The van der Waals surface area contributed by atoms with E-state index in [0.717, 1.165) is 18.5 Å². The zero-order chi connectivity index (χ0) is 16.0. The number of hydrogen-bond donors (Lipinski definition) is 1. The van der Waals surface area contributed by atoms with Crippen molar-refractivity contribution in [2.24, 2.45) is 0 Å². The first-order valence-corrected chi connectivity index (χ1v) is 7.37. The highest BCUT2D eigenvalue weighted by molar-refractivity contribution is 5.97. The molecule has 21 heavy (non-hydrogen) atoms. The summed E-state index contributed by atoms with van der Waals surface area (Å²) in [6, 6.07) is 5.82. The van der Waals surface area contributed by atoms with Gasteiger partial charge in [0.2, 0.25) is 0 Å². The number of carbonyl (C=O) groups is 1. The minimum absolute atomic E-state index is 0.00617. The molecule has 0 spiro atoms. The van der Waals surface area contributed by atoms with E-state index >= 15 is 0 Å². The normalized spacial score (nSPS) is 11.6. The minimum atomic E-state index is -0.0725. The van der Waals surface area contributed by atoms with Crippen LogP contribution >= 0.6 is 0 Å². The third kappa shape index (κ3) is 5.38. The molecule has 4 nitrogen and oxygen atoms in total. The fourth-order valence-electron chi connectivity index (χ4n) is 2.04. The number of nitrogens with one attached hydrogen (secondary N) is 1. The number of benzene rings is 1. The molecule has 0 radical (unpaired) electrons. The maximum absolute atomic E-state index is 12.3. The first kappa shape index (κ1) is 17.5. The molecule has 0 aromatic heterocycles. The predicted molar refractivity (Wildman–Crippen MR) is 87.2 cm³/mol. The Hall–Kier alpha value is -1.55. The summed E-state index contributed by atoms with van der Waals surface area (Å²) in [4.78, 5) is 14.4. The van der Waals surface area contributed by atoms with E-state index in [9.17, 15) is 4.79 Å². The largest absolute Gasteiger partial charge is 0.496 e. The molecular weight excluding hydrogens is 264 g/mol. The molecule has 0 unspecified atom stereocenters. The smallest absolute Gasteiger partial charge is 0.255 e. The van der Waals surface area contributed by atoms with Crippen LogP contribution < -0.4 is 10.1 Å². The lowest BCUT2D eigenvalue weighted by atomic mass is 9.86. The van der Waals surface area contributed by atoms with Gasteiger partial charge in [0, 0.05) is 6.54 Å². The van der Waals surface area contributed by atoms with Crippen LogP contribution in [0.2, 0.25) is 0 Å². The molecule has 118 valence electrons. The van der Waals surface area contributed by atoms with Crippen LogP contribution in [0.25, 0.3) is 0 Å². The number of nitrogens with zero attached hydrogens (tertiary/aromatic N) is 1. The number of hydrogen-bond acceptors (Lipinski definition) is 3. The van der Waals surface area contributed by atoms with Crippen LogP contribution in [0, 0.1) is 0 Å². The van der Waals surface area contributed by atoms with Crippen LogP contribution in [0.1, 0.15) is 43.1 Å². The molecule has 0 bridgehead atoms. The second-order valence-electron chi connectivity index (χ2n) is 6.58. The van der Waals surface area contributed by atoms with E-state index in [-0.39, 0.29) is 11.3 Å². The molecule has 1 rings (SSSR count). The van der Waals surface area contributed by atoms with Gasteiger partial charge in [0.15, 0.2) is 0 Å². The molecule has 0 saturated heterocycles. The van der Waals surface area contributed by atoms with Crippen molar-refractivity contribution in [1.82, 2.24) is 10.2 Å². The van der Waals surface area contributed by atoms with E-state index in [1.54, 1.807) is 7.11 Å². The summed E-state index contributed by atoms with van der Waals surface area (Å²) in [6.45, 7) is 8.02. The first-order valence-electron chi connectivity index (χ1n) is 7.37. The summed E-state index contributed by atoms with van der Waals surface area (Å²) >= 11 is 0. The number of methoxy groups -OCH3 is 1. The monoisotopic (exact) mass is 292 g/mol. The van der Waals surface area contributed by atoms with Crippen molar-refractivity contribution in [1.29, 1.82) is 0 Å². The van der Waals surface area contributed by atoms with Crippen molar-refractivity contribution in [3.63, 3.8) is 0 Å². The number of amides is 1. The third-order valence-corrected chi connectivity index (χ3v) is 3.38. The molecule has 1 aromatic carbocycles. The minimum Gasteiger partial charge on any atom is -0.496 e. The maximum Gasteiger partial charge on any atom is 0.255 e. The van der Waals surface area contributed by atoms with Crippen molar-refractivity contribution >= 4 is 5.91 Å². The first-order chi connectivity index (χ1) is 9.75. The molecule has 1 amide bonds. The zero-order valence-corrected chi connectivity index (χ0v) is 14.1. The highest BCUT2D eigenvalue weighted by atomic mass is 16.5. The van der Waals surface area contributed by atoms with E-state index in [4.69, 9.17) is 4.74 Å². The van der Waals surface area contributed by atoms with Crippen molar-refractivity contribution in [2.75, 3.05) is 34.3 Å². The Morgan fingerprint density at radius 3 is 2.48 bits per heavy atom. The quantitative estimate of drug-likeness (QED) is 0.820. The summed E-state index contributed by atoms with van der Waals surface area (Å²) in [5, 5.41) is 2.96. The summed E-state index contributed by atoms with van der Waals surface area (Å²) in [7, 11) is 5.64. The molecule has 0 saturated carbocycles. The lowest BCUT2D eigenvalue weighted by Crippen LogP contribution is -2.28. The third-order valence-electron chi connectivity index (χ3n) is 3.38. The van der Waals surface area contributed by atoms with Gasteiger partial charge < -0.3 is 15.0 Å². The van der Waals surface area contributed by atoms with Crippen LogP contribution in [-0.2, 0) is 5.41 Å². The number of ether oxygens (including phenoxy) is 1. The second kappa shape index (κ2) is 7.46. The van der Waals surface area contributed by atoms with E-state index in [1.807, 2.05) is 32.3 Å². The van der Waals surface area contributed by atoms with E-state index in [1.165, 1.54) is 0 Å². The highest BCUT2D eigenvalue weighted by Gasteiger charge is 2.19. The van der Waals surface area contributed by atoms with E-state index < -0.39 is 0 Å². The average Bonchev–Trinajstić information content (AvgIpc) is 2.41. The Labute approximate surface area is 128 Å². The van der Waals surface area contributed by atoms with Crippen molar-refractivity contribution < 1.29 is 9.53 Å². The Morgan fingerprint density at radius 2 is 1.95 bits per heavy atom. The Balaban J connectivity index is 2.81. The maximum atomic E-state index is 12.3. The van der Waals surface area contributed by atoms with Gasteiger partial charge in [-0.15, -0.1) is 0 Å². The topological polar surface area (TPSA) is 41.6 Å². The Morgan fingerprint density at radius 1 is 1.29 bits per heavy atom. The summed E-state index contributed by atoms with van der Waals surface area (Å²) in [5.74, 6) is 0.546. The molecule has 4 heteroatoms. The molecule has 0 aliphatic rings. The van der Waals surface area contributed by atoms with Gasteiger partial charge in [-0.25, -0.2) is 0 Å². The highest BCUT2D eigenvalue weighted by Crippen LogP contribution is 2.27. The lowest BCUT2D eigenvalue weighted by molar-refractivity contribution is 0.0949. The van der Waals surface area contributed by atoms with Gasteiger partial charge in [-0.2, -0.15) is 0 Å². The average molecular weight is 292 g/mol. The van der Waals surface area contributed by atoms with Gasteiger partial charge >= 0.3 is 0 Å². The van der Waals surface area contributed by atoms with Gasteiger partial charge in [0.05, 0.1) is 12.7 Å². The van der Waals surface area contributed by atoms with Gasteiger partial charge in [-0.1, -0.05) is 26.8 Å². The van der Waals surface area contributed by atoms with Gasteiger partial charge in [0.25, 0.3) is 5.91 Å². The van der Waals surface area contributed by atoms with Gasteiger partial charge in [0.1, 0.15) is 5.75 Å². The van der Waals surface area contributed by atoms with E-state index in [2.05, 4.69) is 31.0 Å². The molecule has 0 atom stereocenters. The van der Waals surface area contributed by atoms with Crippen LogP contribution in [0.4, 0.5) is 0 Å². The molecule has 0 fully saturated rings. The van der Waals surface area contributed by atoms with Gasteiger partial charge in [-0.3, -0.25) is 4.79 Å². The summed E-state index contributed by atoms with van der Waals surface area (Å²) in [5.41, 5.74) is 1.74. The van der Waals surface area contributed by atoms with Crippen LogP contribution in [0.3, 0.4) is 0 Å². The Bertz CT molecular complexity index is 476. The molecule has 0 aliphatic carbocycles. The summed E-state index contributed by atoms with van der Waals surface area (Å²) < 4.78 is 5.31.